The Morgan fingerprint density at radius 1 is 1.32 bits per heavy atom. The number of carbonyl (C=O) groups is 1. The van der Waals surface area contributed by atoms with Crippen LogP contribution in [0.2, 0.25) is 0 Å². The second-order valence-corrected chi connectivity index (χ2v) is 5.35. The van der Waals surface area contributed by atoms with Crippen molar-refractivity contribution >= 4 is 5.91 Å². The molecule has 1 rings (SSSR count). The smallest absolute Gasteiger partial charge is 0.224 e. The molecule has 3 N–H and O–H groups in total. The van der Waals surface area contributed by atoms with Crippen molar-refractivity contribution in [2.24, 2.45) is 17.6 Å². The van der Waals surface area contributed by atoms with E-state index in [0.717, 1.165) is 5.56 Å². The van der Waals surface area contributed by atoms with Crippen LogP contribution in [0.15, 0.2) is 12.1 Å². The zero-order chi connectivity index (χ0) is 14.6. The quantitative estimate of drug-likeness (QED) is 0.859. The summed E-state index contributed by atoms with van der Waals surface area (Å²) in [7, 11) is 0. The zero-order valence-corrected chi connectivity index (χ0v) is 12.1. The lowest BCUT2D eigenvalue weighted by Gasteiger charge is -2.18. The third-order valence-corrected chi connectivity index (χ3v) is 3.36. The molecule has 106 valence electrons. The van der Waals surface area contributed by atoms with Gasteiger partial charge in [0.05, 0.1) is 5.92 Å². The Kier molecular flexibility index (Phi) is 5.48. The molecule has 1 unspecified atom stereocenters. The van der Waals surface area contributed by atoms with E-state index in [1.54, 1.807) is 26.0 Å². The molecule has 0 heterocycles. The molecule has 0 aliphatic rings. The van der Waals surface area contributed by atoms with Crippen LogP contribution in [-0.4, -0.2) is 12.5 Å². The van der Waals surface area contributed by atoms with Crippen molar-refractivity contribution < 1.29 is 9.18 Å². The fourth-order valence-electron chi connectivity index (χ4n) is 2.14. The van der Waals surface area contributed by atoms with Gasteiger partial charge in [-0.15, -0.1) is 0 Å². The van der Waals surface area contributed by atoms with Crippen LogP contribution in [0.3, 0.4) is 0 Å². The highest BCUT2D eigenvalue weighted by atomic mass is 19.1. The molecule has 19 heavy (non-hydrogen) atoms. The van der Waals surface area contributed by atoms with Crippen molar-refractivity contribution in [3.05, 3.63) is 34.6 Å². The molecular formula is C15H23FN2O. The Morgan fingerprint density at radius 2 is 1.84 bits per heavy atom. The highest BCUT2D eigenvalue weighted by Gasteiger charge is 2.20. The lowest BCUT2D eigenvalue weighted by Crippen LogP contribution is -2.37. The number of nitrogens with two attached hydrogens (primary N) is 1. The highest BCUT2D eigenvalue weighted by Crippen LogP contribution is 2.15. The van der Waals surface area contributed by atoms with Crippen LogP contribution in [0.5, 0.6) is 0 Å². The van der Waals surface area contributed by atoms with Gasteiger partial charge in [0.25, 0.3) is 0 Å². The van der Waals surface area contributed by atoms with E-state index in [2.05, 4.69) is 5.32 Å². The van der Waals surface area contributed by atoms with Gasteiger partial charge in [-0.3, -0.25) is 4.79 Å². The molecule has 0 aliphatic heterocycles. The standard InChI is InChI=1S/C15H23FN2O/c1-9(2)13(7-17)15(19)18-8-12-5-10(3)14(16)11(4)6-12/h5-6,9,13H,7-8,17H2,1-4H3,(H,18,19). The number of halogens is 1. The highest BCUT2D eigenvalue weighted by molar-refractivity contribution is 5.79. The summed E-state index contributed by atoms with van der Waals surface area (Å²) in [6.45, 7) is 8.15. The van der Waals surface area contributed by atoms with Gasteiger partial charge in [-0.2, -0.15) is 0 Å². The van der Waals surface area contributed by atoms with Crippen molar-refractivity contribution in [1.29, 1.82) is 0 Å². The number of carbonyl (C=O) groups excluding carboxylic acids is 1. The molecule has 0 spiro atoms. The topological polar surface area (TPSA) is 55.1 Å². The molecule has 1 amide bonds. The van der Waals surface area contributed by atoms with Gasteiger partial charge < -0.3 is 11.1 Å². The predicted octanol–water partition coefficient (Wildman–Crippen LogP) is 2.29. The van der Waals surface area contributed by atoms with Crippen LogP contribution in [-0.2, 0) is 11.3 Å². The van der Waals surface area contributed by atoms with E-state index in [1.165, 1.54) is 0 Å². The number of nitrogens with one attached hydrogen (secondary N) is 1. The normalized spacial score (nSPS) is 12.6. The number of hydrogen-bond donors (Lipinski definition) is 2. The molecule has 0 saturated heterocycles. The minimum absolute atomic E-state index is 0.0443. The number of rotatable bonds is 5. The molecule has 4 heteroatoms. The first-order valence-corrected chi connectivity index (χ1v) is 6.60. The fourth-order valence-corrected chi connectivity index (χ4v) is 2.14. The van der Waals surface area contributed by atoms with Gasteiger partial charge in [0.1, 0.15) is 5.82 Å². The largest absolute Gasteiger partial charge is 0.352 e. The molecule has 0 aliphatic carbocycles. The molecule has 1 aromatic carbocycles. The van der Waals surface area contributed by atoms with E-state index < -0.39 is 0 Å². The fraction of sp³-hybridized carbons (Fsp3) is 0.533. The van der Waals surface area contributed by atoms with E-state index in [1.807, 2.05) is 13.8 Å². The summed E-state index contributed by atoms with van der Waals surface area (Å²) in [5.41, 5.74) is 7.71. The molecule has 3 nitrogen and oxygen atoms in total. The van der Waals surface area contributed by atoms with E-state index in [4.69, 9.17) is 5.73 Å². The van der Waals surface area contributed by atoms with Crippen LogP contribution >= 0.6 is 0 Å². The van der Waals surface area contributed by atoms with Gasteiger partial charge in [-0.05, 0) is 36.5 Å². The monoisotopic (exact) mass is 266 g/mol. The first-order valence-electron chi connectivity index (χ1n) is 6.60. The number of benzene rings is 1. The van der Waals surface area contributed by atoms with Gasteiger partial charge in [0, 0.05) is 13.1 Å². The molecule has 1 atom stereocenters. The van der Waals surface area contributed by atoms with Crippen molar-refractivity contribution in [3.8, 4) is 0 Å². The molecule has 0 radical (unpaired) electrons. The van der Waals surface area contributed by atoms with Gasteiger partial charge in [-0.1, -0.05) is 26.0 Å². The Morgan fingerprint density at radius 3 is 2.26 bits per heavy atom. The molecule has 0 fully saturated rings. The second kappa shape index (κ2) is 6.66. The van der Waals surface area contributed by atoms with Gasteiger partial charge >= 0.3 is 0 Å². The molecule has 1 aromatic rings. The maximum atomic E-state index is 13.5. The molecule has 0 aromatic heterocycles. The summed E-state index contributed by atoms with van der Waals surface area (Å²) in [6.07, 6.45) is 0. The zero-order valence-electron chi connectivity index (χ0n) is 12.1. The van der Waals surface area contributed by atoms with Crippen LogP contribution in [0, 0.1) is 31.5 Å². The van der Waals surface area contributed by atoms with Crippen molar-refractivity contribution in [1.82, 2.24) is 5.32 Å². The Balaban J connectivity index is 2.69. The van der Waals surface area contributed by atoms with Crippen molar-refractivity contribution in [3.63, 3.8) is 0 Å². The summed E-state index contributed by atoms with van der Waals surface area (Å²) in [6, 6.07) is 3.52. The van der Waals surface area contributed by atoms with Crippen molar-refractivity contribution in [2.75, 3.05) is 6.54 Å². The summed E-state index contributed by atoms with van der Waals surface area (Å²) in [4.78, 5) is 12.0. The number of aryl methyl sites for hydroxylation is 2. The number of amides is 1. The minimum Gasteiger partial charge on any atom is -0.352 e. The van der Waals surface area contributed by atoms with Crippen LogP contribution in [0.4, 0.5) is 4.39 Å². The van der Waals surface area contributed by atoms with Gasteiger partial charge in [0.15, 0.2) is 0 Å². The van der Waals surface area contributed by atoms with Gasteiger partial charge in [-0.25, -0.2) is 4.39 Å². The van der Waals surface area contributed by atoms with Crippen LogP contribution in [0.1, 0.15) is 30.5 Å². The van der Waals surface area contributed by atoms with Crippen LogP contribution < -0.4 is 11.1 Å². The predicted molar refractivity (Wildman–Crippen MR) is 75.1 cm³/mol. The minimum atomic E-state index is -0.183. The van der Waals surface area contributed by atoms with E-state index in [9.17, 15) is 9.18 Å². The first kappa shape index (κ1) is 15.6. The Labute approximate surface area is 114 Å². The number of hydrogen-bond acceptors (Lipinski definition) is 2. The lowest BCUT2D eigenvalue weighted by atomic mass is 9.95. The molecular weight excluding hydrogens is 243 g/mol. The summed E-state index contributed by atoms with van der Waals surface area (Å²) >= 11 is 0. The van der Waals surface area contributed by atoms with Crippen LogP contribution in [0.25, 0.3) is 0 Å². The lowest BCUT2D eigenvalue weighted by molar-refractivity contribution is -0.126. The third kappa shape index (κ3) is 4.03. The Hall–Kier alpha value is -1.42. The average Bonchev–Trinajstić information content (AvgIpc) is 2.33. The third-order valence-electron chi connectivity index (χ3n) is 3.36. The average molecular weight is 266 g/mol. The van der Waals surface area contributed by atoms with Crippen molar-refractivity contribution in [2.45, 2.75) is 34.2 Å². The van der Waals surface area contributed by atoms with Gasteiger partial charge in [0.2, 0.25) is 5.91 Å². The maximum Gasteiger partial charge on any atom is 0.224 e. The first-order chi connectivity index (χ1) is 8.86. The van der Waals surface area contributed by atoms with E-state index in [0.29, 0.717) is 24.2 Å². The maximum absolute atomic E-state index is 13.5. The SMILES string of the molecule is Cc1cc(CNC(=O)C(CN)C(C)C)cc(C)c1F. The molecule has 0 bridgehead atoms. The van der Waals surface area contributed by atoms with E-state index >= 15 is 0 Å². The summed E-state index contributed by atoms with van der Waals surface area (Å²) in [5, 5.41) is 2.86. The Bertz CT molecular complexity index is 434. The second-order valence-electron chi connectivity index (χ2n) is 5.35. The summed E-state index contributed by atoms with van der Waals surface area (Å²) in [5.74, 6) is -0.196. The summed E-state index contributed by atoms with van der Waals surface area (Å²) < 4.78 is 13.5. The molecule has 0 saturated carbocycles. The van der Waals surface area contributed by atoms with E-state index in [-0.39, 0.29) is 23.6 Å².